The second kappa shape index (κ2) is 7.52. The van der Waals surface area contributed by atoms with Crippen LogP contribution in [0.3, 0.4) is 0 Å². The number of hydrogen-bond donors (Lipinski definition) is 2. The quantitative estimate of drug-likeness (QED) is 0.669. The van der Waals surface area contributed by atoms with Crippen LogP contribution in [0.1, 0.15) is 16.7 Å². The van der Waals surface area contributed by atoms with E-state index in [-0.39, 0.29) is 11.0 Å². The van der Waals surface area contributed by atoms with Crippen molar-refractivity contribution in [2.24, 2.45) is 0 Å². The van der Waals surface area contributed by atoms with Crippen molar-refractivity contribution in [1.82, 2.24) is 5.32 Å². The van der Waals surface area contributed by atoms with Gasteiger partial charge in [0.2, 0.25) is 5.91 Å². The van der Waals surface area contributed by atoms with E-state index in [9.17, 15) is 4.79 Å². The van der Waals surface area contributed by atoms with Gasteiger partial charge in [-0.2, -0.15) is 0 Å². The van der Waals surface area contributed by atoms with Crippen molar-refractivity contribution in [3.63, 3.8) is 0 Å². The van der Waals surface area contributed by atoms with Crippen molar-refractivity contribution in [3.8, 4) is 0 Å². The molecule has 0 aliphatic heterocycles. The first kappa shape index (κ1) is 15.9. The fourth-order valence-electron chi connectivity index (χ4n) is 1.93. The van der Waals surface area contributed by atoms with Gasteiger partial charge in [-0.15, -0.1) is 0 Å². The highest BCUT2D eigenvalue weighted by Gasteiger charge is 2.04. The summed E-state index contributed by atoms with van der Waals surface area (Å²) in [6.45, 7) is 4.04. The lowest BCUT2D eigenvalue weighted by Crippen LogP contribution is -2.33. The Labute approximate surface area is 136 Å². The maximum Gasteiger partial charge on any atom is 0.250 e. The molecule has 112 valence electrons. The highest BCUT2D eigenvalue weighted by atomic mass is 32.1. The number of rotatable bonds is 3. The molecule has 0 spiro atoms. The fourth-order valence-corrected chi connectivity index (χ4v) is 2.14. The van der Waals surface area contributed by atoms with Gasteiger partial charge in [0.15, 0.2) is 5.11 Å². The van der Waals surface area contributed by atoms with E-state index in [0.29, 0.717) is 0 Å². The summed E-state index contributed by atoms with van der Waals surface area (Å²) in [7, 11) is 0. The SMILES string of the molecule is Cc1cccc(NC(=S)NC(=O)C=Cc2ccccc2)c1C. The van der Waals surface area contributed by atoms with Gasteiger partial charge in [0.1, 0.15) is 0 Å². The van der Waals surface area contributed by atoms with Crippen LogP contribution in [0.25, 0.3) is 6.08 Å². The molecule has 2 aromatic rings. The zero-order valence-electron chi connectivity index (χ0n) is 12.6. The lowest BCUT2D eigenvalue weighted by Gasteiger charge is -2.12. The zero-order valence-corrected chi connectivity index (χ0v) is 13.4. The second-order valence-electron chi connectivity index (χ2n) is 4.93. The van der Waals surface area contributed by atoms with Gasteiger partial charge in [-0.05, 0) is 54.9 Å². The predicted molar refractivity (Wildman–Crippen MR) is 95.8 cm³/mol. The monoisotopic (exact) mass is 310 g/mol. The molecule has 0 atom stereocenters. The smallest absolute Gasteiger partial charge is 0.250 e. The molecule has 0 aliphatic carbocycles. The summed E-state index contributed by atoms with van der Waals surface area (Å²) in [5.41, 5.74) is 4.14. The number of amides is 1. The molecule has 0 bridgehead atoms. The van der Waals surface area contributed by atoms with Crippen LogP contribution in [-0.2, 0) is 4.79 Å². The Hall–Kier alpha value is -2.46. The van der Waals surface area contributed by atoms with Gasteiger partial charge >= 0.3 is 0 Å². The Kier molecular flexibility index (Phi) is 5.44. The molecular formula is C18H18N2OS. The second-order valence-corrected chi connectivity index (χ2v) is 5.34. The van der Waals surface area contributed by atoms with Crippen molar-refractivity contribution < 1.29 is 4.79 Å². The van der Waals surface area contributed by atoms with Crippen molar-refractivity contribution in [1.29, 1.82) is 0 Å². The first-order valence-corrected chi connectivity index (χ1v) is 7.38. The third-order valence-electron chi connectivity index (χ3n) is 3.32. The zero-order chi connectivity index (χ0) is 15.9. The maximum absolute atomic E-state index is 11.8. The summed E-state index contributed by atoms with van der Waals surface area (Å²) in [5.74, 6) is -0.258. The Balaban J connectivity index is 1.93. The van der Waals surface area contributed by atoms with Gasteiger partial charge in [0, 0.05) is 11.8 Å². The third-order valence-corrected chi connectivity index (χ3v) is 3.52. The van der Waals surface area contributed by atoms with Gasteiger partial charge in [0.05, 0.1) is 0 Å². The first-order chi connectivity index (χ1) is 10.6. The molecule has 0 heterocycles. The van der Waals surface area contributed by atoms with Crippen LogP contribution in [-0.4, -0.2) is 11.0 Å². The summed E-state index contributed by atoms with van der Waals surface area (Å²) < 4.78 is 0. The summed E-state index contributed by atoms with van der Waals surface area (Å²) >= 11 is 5.17. The van der Waals surface area contributed by atoms with Crippen molar-refractivity contribution in [3.05, 3.63) is 71.3 Å². The van der Waals surface area contributed by atoms with Crippen LogP contribution in [0.15, 0.2) is 54.6 Å². The molecule has 0 aliphatic rings. The van der Waals surface area contributed by atoms with Crippen LogP contribution < -0.4 is 10.6 Å². The molecule has 0 radical (unpaired) electrons. The molecule has 0 saturated carbocycles. The Morgan fingerprint density at radius 1 is 1.05 bits per heavy atom. The first-order valence-electron chi connectivity index (χ1n) is 6.97. The molecule has 2 aromatic carbocycles. The number of carbonyl (C=O) groups excluding carboxylic acids is 1. The topological polar surface area (TPSA) is 41.1 Å². The number of aryl methyl sites for hydroxylation is 1. The molecule has 1 amide bonds. The molecular weight excluding hydrogens is 292 g/mol. The number of anilines is 1. The van der Waals surface area contributed by atoms with E-state index in [1.165, 1.54) is 11.6 Å². The minimum absolute atomic E-state index is 0.258. The van der Waals surface area contributed by atoms with E-state index in [1.807, 2.05) is 62.4 Å². The van der Waals surface area contributed by atoms with E-state index in [2.05, 4.69) is 10.6 Å². The van der Waals surface area contributed by atoms with Gasteiger partial charge in [-0.3, -0.25) is 10.1 Å². The van der Waals surface area contributed by atoms with E-state index in [0.717, 1.165) is 16.8 Å². The largest absolute Gasteiger partial charge is 0.332 e. The lowest BCUT2D eigenvalue weighted by molar-refractivity contribution is -0.115. The molecule has 3 nitrogen and oxygen atoms in total. The maximum atomic E-state index is 11.8. The standard InChI is InChI=1S/C18H18N2OS/c1-13-7-6-10-16(14(13)2)19-18(22)20-17(21)12-11-15-8-4-3-5-9-15/h3-12H,1-2H3,(H2,19,20,21,22). The highest BCUT2D eigenvalue weighted by Crippen LogP contribution is 2.17. The fraction of sp³-hybridized carbons (Fsp3) is 0.111. The minimum Gasteiger partial charge on any atom is -0.332 e. The van der Waals surface area contributed by atoms with Gasteiger partial charge in [-0.1, -0.05) is 42.5 Å². The molecule has 2 rings (SSSR count). The van der Waals surface area contributed by atoms with Crippen LogP contribution in [0, 0.1) is 13.8 Å². The van der Waals surface area contributed by atoms with Crippen molar-refractivity contribution in [2.75, 3.05) is 5.32 Å². The number of carbonyl (C=O) groups is 1. The average molecular weight is 310 g/mol. The Bertz CT molecular complexity index is 708. The predicted octanol–water partition coefficient (Wildman–Crippen LogP) is 3.83. The Morgan fingerprint density at radius 3 is 2.50 bits per heavy atom. The molecule has 2 N–H and O–H groups in total. The van der Waals surface area contributed by atoms with Gasteiger partial charge in [-0.25, -0.2) is 0 Å². The molecule has 0 unspecified atom stereocenters. The van der Waals surface area contributed by atoms with Crippen LogP contribution in [0.5, 0.6) is 0 Å². The van der Waals surface area contributed by atoms with Crippen LogP contribution in [0.4, 0.5) is 5.69 Å². The molecule has 0 aromatic heterocycles. The van der Waals surface area contributed by atoms with Gasteiger partial charge < -0.3 is 5.32 Å². The number of benzene rings is 2. The number of hydrogen-bond acceptors (Lipinski definition) is 2. The van der Waals surface area contributed by atoms with E-state index in [4.69, 9.17) is 12.2 Å². The minimum atomic E-state index is -0.258. The van der Waals surface area contributed by atoms with Crippen molar-refractivity contribution in [2.45, 2.75) is 13.8 Å². The molecule has 0 saturated heterocycles. The molecule has 4 heteroatoms. The summed E-state index contributed by atoms with van der Waals surface area (Å²) in [5, 5.41) is 5.97. The van der Waals surface area contributed by atoms with Crippen molar-refractivity contribution >= 4 is 35.0 Å². The summed E-state index contributed by atoms with van der Waals surface area (Å²) in [6, 6.07) is 15.5. The summed E-state index contributed by atoms with van der Waals surface area (Å²) in [4.78, 5) is 11.8. The lowest BCUT2D eigenvalue weighted by atomic mass is 10.1. The van der Waals surface area contributed by atoms with Gasteiger partial charge in [0.25, 0.3) is 0 Å². The Morgan fingerprint density at radius 2 is 1.77 bits per heavy atom. The third kappa shape index (κ3) is 4.53. The highest BCUT2D eigenvalue weighted by molar-refractivity contribution is 7.80. The average Bonchev–Trinajstić information content (AvgIpc) is 2.51. The summed E-state index contributed by atoms with van der Waals surface area (Å²) in [6.07, 6.45) is 3.21. The van der Waals surface area contributed by atoms with Crippen LogP contribution in [0.2, 0.25) is 0 Å². The molecule has 22 heavy (non-hydrogen) atoms. The molecule has 0 fully saturated rings. The number of nitrogens with one attached hydrogen (secondary N) is 2. The van der Waals surface area contributed by atoms with Crippen LogP contribution >= 0.6 is 12.2 Å². The van der Waals surface area contributed by atoms with E-state index < -0.39 is 0 Å². The number of thiocarbonyl (C=S) groups is 1. The normalized spacial score (nSPS) is 10.5. The van der Waals surface area contributed by atoms with E-state index >= 15 is 0 Å². The van der Waals surface area contributed by atoms with E-state index in [1.54, 1.807) is 6.08 Å².